The van der Waals surface area contributed by atoms with Gasteiger partial charge in [-0.05, 0) is 36.2 Å². The van der Waals surface area contributed by atoms with Crippen LogP contribution in [0.15, 0.2) is 42.6 Å². The van der Waals surface area contributed by atoms with E-state index >= 15 is 0 Å². The van der Waals surface area contributed by atoms with E-state index in [4.69, 9.17) is 0 Å². The molecule has 0 aliphatic heterocycles. The van der Waals surface area contributed by atoms with E-state index in [1.807, 2.05) is 29.9 Å². The molecule has 5 heteroatoms. The average Bonchev–Trinajstić information content (AvgIpc) is 2.87. The van der Waals surface area contributed by atoms with Gasteiger partial charge in [0.05, 0.1) is 12.5 Å². The molecule has 2 N–H and O–H groups in total. The molecule has 1 aromatic heterocycles. The first kappa shape index (κ1) is 15.3. The van der Waals surface area contributed by atoms with Crippen LogP contribution in [0.3, 0.4) is 0 Å². The Kier molecular flexibility index (Phi) is 5.11. The van der Waals surface area contributed by atoms with Gasteiger partial charge in [-0.3, -0.25) is 4.79 Å². The molecule has 2 rings (SSSR count). The van der Waals surface area contributed by atoms with Gasteiger partial charge in [0, 0.05) is 25.5 Å². The second-order valence-electron chi connectivity index (χ2n) is 5.00. The Balaban J connectivity index is 1.74. The van der Waals surface area contributed by atoms with Crippen molar-refractivity contribution in [1.29, 1.82) is 0 Å². The number of amides is 1. The maximum Gasteiger partial charge on any atom is 0.224 e. The number of aromatic nitrogens is 1. The van der Waals surface area contributed by atoms with E-state index in [0.29, 0.717) is 13.0 Å². The number of benzene rings is 1. The average molecular weight is 290 g/mol. The molecule has 0 aliphatic carbocycles. The zero-order valence-electron chi connectivity index (χ0n) is 11.9. The minimum Gasteiger partial charge on any atom is -0.387 e. The highest BCUT2D eigenvalue weighted by Crippen LogP contribution is 2.15. The van der Waals surface area contributed by atoms with Crippen molar-refractivity contribution in [3.8, 4) is 0 Å². The van der Waals surface area contributed by atoms with Crippen LogP contribution < -0.4 is 5.32 Å². The van der Waals surface area contributed by atoms with Gasteiger partial charge in [0.2, 0.25) is 5.91 Å². The van der Waals surface area contributed by atoms with Crippen molar-refractivity contribution in [3.63, 3.8) is 0 Å². The van der Waals surface area contributed by atoms with Crippen molar-refractivity contribution in [1.82, 2.24) is 9.88 Å². The molecule has 1 heterocycles. The Hall–Kier alpha value is -2.14. The summed E-state index contributed by atoms with van der Waals surface area (Å²) in [5.41, 5.74) is 1.58. The third-order valence-electron chi connectivity index (χ3n) is 3.34. The molecule has 112 valence electrons. The number of nitrogens with zero attached hydrogens (tertiary/aromatic N) is 1. The van der Waals surface area contributed by atoms with Crippen LogP contribution in [-0.2, 0) is 18.3 Å². The molecule has 21 heavy (non-hydrogen) atoms. The summed E-state index contributed by atoms with van der Waals surface area (Å²) in [6.45, 7) is 0.395. The Morgan fingerprint density at radius 2 is 2.05 bits per heavy atom. The summed E-state index contributed by atoms with van der Waals surface area (Å²) >= 11 is 0. The fourth-order valence-electron chi connectivity index (χ4n) is 2.17. The van der Waals surface area contributed by atoms with Gasteiger partial charge >= 0.3 is 0 Å². The molecule has 4 nitrogen and oxygen atoms in total. The van der Waals surface area contributed by atoms with E-state index in [1.54, 1.807) is 12.1 Å². The van der Waals surface area contributed by atoms with E-state index in [0.717, 1.165) is 11.3 Å². The highest BCUT2D eigenvalue weighted by atomic mass is 19.1. The topological polar surface area (TPSA) is 54.3 Å². The lowest BCUT2D eigenvalue weighted by Gasteiger charge is -2.12. The van der Waals surface area contributed by atoms with Gasteiger partial charge in [-0.25, -0.2) is 4.39 Å². The zero-order valence-corrected chi connectivity index (χ0v) is 11.9. The van der Waals surface area contributed by atoms with Crippen molar-refractivity contribution in [2.45, 2.75) is 18.9 Å². The van der Waals surface area contributed by atoms with Crippen molar-refractivity contribution < 1.29 is 14.3 Å². The Morgan fingerprint density at radius 3 is 2.67 bits per heavy atom. The molecule has 1 unspecified atom stereocenters. The molecule has 0 saturated heterocycles. The third-order valence-corrected chi connectivity index (χ3v) is 3.34. The van der Waals surface area contributed by atoms with Gasteiger partial charge in [0.1, 0.15) is 5.82 Å². The Labute approximate surface area is 123 Å². The van der Waals surface area contributed by atoms with Gasteiger partial charge in [-0.2, -0.15) is 0 Å². The fourth-order valence-corrected chi connectivity index (χ4v) is 2.17. The second-order valence-corrected chi connectivity index (χ2v) is 5.00. The Bertz CT molecular complexity index is 593. The lowest BCUT2D eigenvalue weighted by molar-refractivity contribution is -0.120. The van der Waals surface area contributed by atoms with E-state index in [2.05, 4.69) is 5.32 Å². The van der Waals surface area contributed by atoms with Crippen LogP contribution >= 0.6 is 0 Å². The summed E-state index contributed by atoms with van der Waals surface area (Å²) < 4.78 is 14.6. The Morgan fingerprint density at radius 1 is 1.33 bits per heavy atom. The van der Waals surface area contributed by atoms with Crippen LogP contribution in [-0.4, -0.2) is 22.1 Å². The van der Waals surface area contributed by atoms with Crippen molar-refractivity contribution in [3.05, 3.63) is 59.7 Å². The normalized spacial score (nSPS) is 12.1. The summed E-state index contributed by atoms with van der Waals surface area (Å²) in [5, 5.41) is 12.8. The number of hydrogen-bond donors (Lipinski definition) is 2. The number of rotatable bonds is 6. The lowest BCUT2D eigenvalue weighted by Crippen LogP contribution is -2.27. The van der Waals surface area contributed by atoms with Crippen LogP contribution in [0.4, 0.5) is 4.39 Å². The predicted octanol–water partition coefficient (Wildman–Crippen LogP) is 1.95. The molecule has 0 saturated carbocycles. The number of hydrogen-bond acceptors (Lipinski definition) is 2. The summed E-state index contributed by atoms with van der Waals surface area (Å²) in [5.74, 6) is -0.453. The van der Waals surface area contributed by atoms with Gasteiger partial charge < -0.3 is 15.0 Å². The molecule has 0 spiro atoms. The number of aliphatic hydroxyl groups is 1. The fraction of sp³-hybridized carbons (Fsp3) is 0.312. The van der Waals surface area contributed by atoms with Gasteiger partial charge in [-0.1, -0.05) is 12.1 Å². The quantitative estimate of drug-likeness (QED) is 0.854. The molecule has 0 fully saturated rings. The first-order valence-electron chi connectivity index (χ1n) is 6.86. The maximum absolute atomic E-state index is 12.8. The van der Waals surface area contributed by atoms with Crippen LogP contribution in [0.2, 0.25) is 0 Å². The largest absolute Gasteiger partial charge is 0.387 e. The second kappa shape index (κ2) is 7.04. The lowest BCUT2D eigenvalue weighted by atomic mass is 10.1. The molecular formula is C16H19FN2O2. The molecule has 1 atom stereocenters. The van der Waals surface area contributed by atoms with Crippen LogP contribution in [0.1, 0.15) is 23.8 Å². The molecule has 0 aliphatic rings. The highest BCUT2D eigenvalue weighted by Gasteiger charge is 2.11. The van der Waals surface area contributed by atoms with Gasteiger partial charge in [0.25, 0.3) is 0 Å². The summed E-state index contributed by atoms with van der Waals surface area (Å²) in [7, 11) is 1.87. The number of nitrogens with one attached hydrogen (secondary N) is 1. The van der Waals surface area contributed by atoms with Gasteiger partial charge in [-0.15, -0.1) is 0 Å². The summed E-state index contributed by atoms with van der Waals surface area (Å²) in [6, 6.07) is 9.57. The van der Waals surface area contributed by atoms with Crippen molar-refractivity contribution in [2.24, 2.45) is 7.05 Å². The van der Waals surface area contributed by atoms with E-state index in [-0.39, 0.29) is 18.1 Å². The monoisotopic (exact) mass is 290 g/mol. The molecule has 0 bridgehead atoms. The maximum atomic E-state index is 12.8. The SMILES string of the molecule is Cn1cccc1C(O)CCNC(=O)Cc1ccc(F)cc1. The highest BCUT2D eigenvalue weighted by molar-refractivity contribution is 5.78. The third kappa shape index (κ3) is 4.43. The smallest absolute Gasteiger partial charge is 0.224 e. The van der Waals surface area contributed by atoms with Crippen LogP contribution in [0.25, 0.3) is 0 Å². The summed E-state index contributed by atoms with van der Waals surface area (Å²) in [4.78, 5) is 11.7. The van der Waals surface area contributed by atoms with Crippen molar-refractivity contribution >= 4 is 5.91 Å². The van der Waals surface area contributed by atoms with Crippen molar-refractivity contribution in [2.75, 3.05) is 6.54 Å². The molecule has 2 aromatic rings. The van der Waals surface area contributed by atoms with E-state index in [1.165, 1.54) is 12.1 Å². The number of carbonyl (C=O) groups is 1. The minimum atomic E-state index is -0.601. The molecule has 0 radical (unpaired) electrons. The minimum absolute atomic E-state index is 0.138. The first-order chi connectivity index (χ1) is 10.1. The number of aryl methyl sites for hydroxylation is 1. The molecule has 1 aromatic carbocycles. The number of halogens is 1. The zero-order chi connectivity index (χ0) is 15.2. The van der Waals surface area contributed by atoms with Gasteiger partial charge in [0.15, 0.2) is 0 Å². The first-order valence-corrected chi connectivity index (χ1v) is 6.86. The van der Waals surface area contributed by atoms with Crippen LogP contribution in [0.5, 0.6) is 0 Å². The number of aliphatic hydroxyl groups excluding tert-OH is 1. The molecular weight excluding hydrogens is 271 g/mol. The predicted molar refractivity (Wildman–Crippen MR) is 78.1 cm³/mol. The number of carbonyl (C=O) groups excluding carboxylic acids is 1. The standard InChI is InChI=1S/C16H19FN2O2/c1-19-10-2-3-14(19)15(20)8-9-18-16(21)11-12-4-6-13(17)7-5-12/h2-7,10,15,20H,8-9,11H2,1H3,(H,18,21). The van der Waals surface area contributed by atoms with E-state index < -0.39 is 6.10 Å². The van der Waals surface area contributed by atoms with E-state index in [9.17, 15) is 14.3 Å². The molecule has 1 amide bonds. The van der Waals surface area contributed by atoms with Crippen LogP contribution in [0, 0.1) is 5.82 Å². The summed E-state index contributed by atoms with van der Waals surface area (Å²) in [6.07, 6.45) is 1.93.